The number of anilines is 1. The Morgan fingerprint density at radius 3 is 2.52 bits per heavy atom. The van der Waals surface area contributed by atoms with Crippen molar-refractivity contribution in [2.75, 3.05) is 19.4 Å². The molecule has 2 aromatic carbocycles. The van der Waals surface area contributed by atoms with Crippen LogP contribution in [0.5, 0.6) is 0 Å². The molecule has 0 unspecified atom stereocenters. The van der Waals surface area contributed by atoms with Gasteiger partial charge in [0, 0.05) is 31.2 Å². The maximum Gasteiger partial charge on any atom is 0.242 e. The van der Waals surface area contributed by atoms with Crippen LogP contribution in [0.15, 0.2) is 47.4 Å². The van der Waals surface area contributed by atoms with Gasteiger partial charge in [0.05, 0.1) is 4.90 Å². The number of aryl methyl sites for hydroxylation is 2. The van der Waals surface area contributed by atoms with Crippen molar-refractivity contribution >= 4 is 33.2 Å². The first-order valence-electron chi connectivity index (χ1n) is 7.77. The number of benzene rings is 2. The minimum atomic E-state index is -3.56. The van der Waals surface area contributed by atoms with Crippen LogP contribution < -0.4 is 5.32 Å². The van der Waals surface area contributed by atoms with Gasteiger partial charge < -0.3 is 5.32 Å². The second kappa shape index (κ2) is 7.99. The number of rotatable bonds is 6. The largest absolute Gasteiger partial charge is 0.326 e. The zero-order valence-electron chi connectivity index (χ0n) is 14.4. The first-order chi connectivity index (χ1) is 11.7. The summed E-state index contributed by atoms with van der Waals surface area (Å²) in [6.45, 7) is 1.72. The molecule has 0 atom stereocenters. The van der Waals surface area contributed by atoms with Crippen LogP contribution in [-0.2, 0) is 21.2 Å². The molecule has 0 aliphatic heterocycles. The van der Waals surface area contributed by atoms with E-state index in [9.17, 15) is 13.2 Å². The Kier molecular flexibility index (Phi) is 6.21. The lowest BCUT2D eigenvalue weighted by molar-refractivity contribution is -0.116. The van der Waals surface area contributed by atoms with E-state index in [1.807, 2.05) is 18.2 Å². The number of halogens is 1. The Bertz CT molecular complexity index is 880. The molecule has 25 heavy (non-hydrogen) atoms. The lowest BCUT2D eigenvalue weighted by Gasteiger charge is -2.15. The number of nitrogens with zero attached hydrogens (tertiary/aromatic N) is 1. The molecule has 7 heteroatoms. The molecule has 0 bridgehead atoms. The third kappa shape index (κ3) is 5.04. The van der Waals surface area contributed by atoms with Gasteiger partial charge in [-0.1, -0.05) is 29.8 Å². The zero-order valence-corrected chi connectivity index (χ0v) is 16.0. The van der Waals surface area contributed by atoms with Crippen LogP contribution in [0.3, 0.4) is 0 Å². The lowest BCUT2D eigenvalue weighted by Crippen LogP contribution is -2.23. The van der Waals surface area contributed by atoms with E-state index in [2.05, 4.69) is 5.32 Å². The minimum Gasteiger partial charge on any atom is -0.326 e. The highest BCUT2D eigenvalue weighted by molar-refractivity contribution is 7.89. The first kappa shape index (κ1) is 19.4. The molecule has 134 valence electrons. The van der Waals surface area contributed by atoms with Gasteiger partial charge >= 0.3 is 0 Å². The Hall–Kier alpha value is -1.89. The minimum absolute atomic E-state index is 0.183. The lowest BCUT2D eigenvalue weighted by atomic mass is 10.1. The highest BCUT2D eigenvalue weighted by Gasteiger charge is 2.20. The van der Waals surface area contributed by atoms with Gasteiger partial charge in [-0.25, -0.2) is 12.7 Å². The van der Waals surface area contributed by atoms with Crippen molar-refractivity contribution in [3.63, 3.8) is 0 Å². The molecule has 0 saturated carbocycles. The van der Waals surface area contributed by atoms with E-state index in [1.54, 1.807) is 25.1 Å². The number of sulfonamides is 1. The van der Waals surface area contributed by atoms with E-state index in [4.69, 9.17) is 11.6 Å². The van der Waals surface area contributed by atoms with Gasteiger partial charge in [0.25, 0.3) is 0 Å². The molecular formula is C18H21ClN2O3S. The predicted molar refractivity (Wildman–Crippen MR) is 100 cm³/mol. The summed E-state index contributed by atoms with van der Waals surface area (Å²) in [6.07, 6.45) is 0.838. The number of carbonyl (C=O) groups excluding carboxylic acids is 1. The van der Waals surface area contributed by atoms with Crippen molar-refractivity contribution in [2.45, 2.75) is 24.7 Å². The van der Waals surface area contributed by atoms with Gasteiger partial charge in [-0.05, 0) is 48.7 Å². The summed E-state index contributed by atoms with van der Waals surface area (Å²) < 4.78 is 25.8. The second-order valence-corrected chi connectivity index (χ2v) is 8.50. The molecule has 0 heterocycles. The van der Waals surface area contributed by atoms with Crippen molar-refractivity contribution in [1.82, 2.24) is 4.31 Å². The zero-order chi connectivity index (χ0) is 18.6. The van der Waals surface area contributed by atoms with Gasteiger partial charge in [-0.3, -0.25) is 4.79 Å². The fraction of sp³-hybridized carbons (Fsp3) is 0.278. The fourth-order valence-corrected chi connectivity index (χ4v) is 3.68. The van der Waals surface area contributed by atoms with Crippen LogP contribution in [0.25, 0.3) is 0 Å². The van der Waals surface area contributed by atoms with Crippen molar-refractivity contribution < 1.29 is 13.2 Å². The fourth-order valence-electron chi connectivity index (χ4n) is 2.33. The summed E-state index contributed by atoms with van der Waals surface area (Å²) in [4.78, 5) is 12.3. The maximum atomic E-state index is 12.3. The highest BCUT2D eigenvalue weighted by Crippen LogP contribution is 2.22. The van der Waals surface area contributed by atoms with Crippen molar-refractivity contribution in [1.29, 1.82) is 0 Å². The van der Waals surface area contributed by atoms with Crippen LogP contribution in [0.4, 0.5) is 5.69 Å². The molecule has 1 N–H and O–H groups in total. The summed E-state index contributed by atoms with van der Waals surface area (Å²) in [5, 5.41) is 3.38. The topological polar surface area (TPSA) is 66.5 Å². The summed E-state index contributed by atoms with van der Waals surface area (Å²) in [6, 6.07) is 12.2. The molecule has 0 saturated heterocycles. The Labute approximate surface area is 153 Å². The van der Waals surface area contributed by atoms with Gasteiger partial charge in [-0.2, -0.15) is 0 Å². The number of hydrogen-bond acceptors (Lipinski definition) is 3. The Morgan fingerprint density at radius 2 is 1.88 bits per heavy atom. The molecule has 2 rings (SSSR count). The molecule has 5 nitrogen and oxygen atoms in total. The highest BCUT2D eigenvalue weighted by atomic mass is 35.5. The van der Waals surface area contributed by atoms with E-state index in [-0.39, 0.29) is 17.2 Å². The van der Waals surface area contributed by atoms with Gasteiger partial charge in [0.1, 0.15) is 0 Å². The van der Waals surface area contributed by atoms with E-state index in [1.165, 1.54) is 20.2 Å². The molecule has 0 radical (unpaired) electrons. The van der Waals surface area contributed by atoms with E-state index < -0.39 is 10.0 Å². The first-order valence-corrected chi connectivity index (χ1v) is 9.59. The molecule has 0 aliphatic rings. The van der Waals surface area contributed by atoms with Crippen molar-refractivity contribution in [3.05, 3.63) is 58.6 Å². The monoisotopic (exact) mass is 380 g/mol. The molecule has 0 spiro atoms. The number of nitrogens with one attached hydrogen (secondary N) is 1. The van der Waals surface area contributed by atoms with Crippen LogP contribution in [-0.4, -0.2) is 32.7 Å². The predicted octanol–water partition coefficient (Wildman–Crippen LogP) is 3.47. The standard InChI is InChI=1S/C18H21ClN2O3S/c1-13-7-9-16(12-17(13)25(23,24)21(2)3)20-18(22)10-8-14-5-4-6-15(19)11-14/h4-7,9,11-12H,8,10H2,1-3H3,(H,20,22). The molecule has 0 aliphatic carbocycles. The summed E-state index contributed by atoms with van der Waals surface area (Å²) in [5.41, 5.74) is 2.06. The third-order valence-electron chi connectivity index (χ3n) is 3.76. The smallest absolute Gasteiger partial charge is 0.242 e. The number of hydrogen-bond donors (Lipinski definition) is 1. The van der Waals surface area contributed by atoms with Crippen LogP contribution >= 0.6 is 11.6 Å². The SMILES string of the molecule is Cc1ccc(NC(=O)CCc2cccc(Cl)c2)cc1S(=O)(=O)N(C)C. The maximum absolute atomic E-state index is 12.3. The van der Waals surface area contributed by atoms with Crippen LogP contribution in [0.1, 0.15) is 17.5 Å². The normalized spacial score (nSPS) is 11.6. The van der Waals surface area contributed by atoms with Crippen molar-refractivity contribution in [3.8, 4) is 0 Å². The second-order valence-electron chi connectivity index (χ2n) is 5.95. The van der Waals surface area contributed by atoms with Gasteiger partial charge in [-0.15, -0.1) is 0 Å². The summed E-state index contributed by atoms with van der Waals surface area (Å²) in [7, 11) is -0.604. The Balaban J connectivity index is 2.09. The average Bonchev–Trinajstić information content (AvgIpc) is 2.54. The summed E-state index contributed by atoms with van der Waals surface area (Å²) in [5.74, 6) is -0.183. The molecular weight excluding hydrogens is 360 g/mol. The summed E-state index contributed by atoms with van der Waals surface area (Å²) >= 11 is 5.93. The molecule has 0 aromatic heterocycles. The third-order valence-corrected chi connectivity index (χ3v) is 5.95. The number of carbonyl (C=O) groups is 1. The van der Waals surface area contributed by atoms with Crippen LogP contribution in [0.2, 0.25) is 5.02 Å². The van der Waals surface area contributed by atoms with E-state index in [0.717, 1.165) is 9.87 Å². The Morgan fingerprint density at radius 1 is 1.16 bits per heavy atom. The quantitative estimate of drug-likeness (QED) is 0.834. The molecule has 0 fully saturated rings. The number of amides is 1. The average molecular weight is 381 g/mol. The van der Waals surface area contributed by atoms with Gasteiger partial charge in [0.2, 0.25) is 15.9 Å². The van der Waals surface area contributed by atoms with E-state index >= 15 is 0 Å². The van der Waals surface area contributed by atoms with E-state index in [0.29, 0.717) is 22.7 Å². The molecule has 2 aromatic rings. The van der Waals surface area contributed by atoms with Crippen molar-refractivity contribution in [2.24, 2.45) is 0 Å². The molecule has 1 amide bonds. The van der Waals surface area contributed by atoms with Gasteiger partial charge in [0.15, 0.2) is 0 Å². The van der Waals surface area contributed by atoms with Crippen LogP contribution in [0, 0.1) is 6.92 Å².